The minimum Gasteiger partial charge on any atom is -0.322 e. The van der Waals surface area contributed by atoms with Gasteiger partial charge in [-0.3, -0.25) is 0 Å². The maximum atomic E-state index is 5.49. The normalized spacial score (nSPS) is 21.7. The third kappa shape index (κ3) is 4.17. The quantitative estimate of drug-likeness (QED) is 0.198. The van der Waals surface area contributed by atoms with E-state index in [4.69, 9.17) is 4.98 Å². The minimum atomic E-state index is 0.0406. The Morgan fingerprint density at radius 2 is 1.29 bits per heavy atom. The third-order valence-electron chi connectivity index (χ3n) is 10.5. The second kappa shape index (κ2) is 10.8. The van der Waals surface area contributed by atoms with Gasteiger partial charge in [0.15, 0.2) is 0 Å². The molecule has 228 valence electrons. The summed E-state index contributed by atoms with van der Waals surface area (Å²) in [4.78, 5) is 8.05. The fraction of sp³-hybridized carbons (Fsp3) is 0.0889. The summed E-state index contributed by atoms with van der Waals surface area (Å²) in [5, 5.41) is 3.85. The molecule has 1 saturated heterocycles. The molecule has 0 bridgehead atoms. The van der Waals surface area contributed by atoms with Gasteiger partial charge < -0.3 is 9.47 Å². The maximum absolute atomic E-state index is 5.49. The molecule has 4 aromatic carbocycles. The lowest BCUT2D eigenvalue weighted by atomic mass is 9.66. The van der Waals surface area contributed by atoms with Crippen molar-refractivity contribution in [3.63, 3.8) is 0 Å². The molecule has 4 unspecified atom stereocenters. The number of para-hydroxylation sites is 2. The lowest BCUT2D eigenvalue weighted by Gasteiger charge is -2.50. The highest BCUT2D eigenvalue weighted by Gasteiger charge is 2.46. The van der Waals surface area contributed by atoms with E-state index in [-0.39, 0.29) is 17.9 Å². The topological polar surface area (TPSA) is 21.1 Å². The number of hydrogen-bond donors (Lipinski definition) is 0. The Bertz CT molecular complexity index is 2410. The van der Waals surface area contributed by atoms with Crippen LogP contribution in [-0.4, -0.2) is 15.6 Å². The Morgan fingerprint density at radius 1 is 0.604 bits per heavy atom. The maximum Gasteiger partial charge on any atom is 0.134 e. The van der Waals surface area contributed by atoms with Crippen molar-refractivity contribution in [1.82, 2.24) is 9.55 Å². The van der Waals surface area contributed by atoms with E-state index in [9.17, 15) is 0 Å². The van der Waals surface area contributed by atoms with Crippen molar-refractivity contribution in [2.45, 2.75) is 6.04 Å². The Balaban J connectivity index is 1.27. The molecule has 0 saturated carbocycles. The summed E-state index contributed by atoms with van der Waals surface area (Å²) < 4.78 is 2.44. The number of pyridine rings is 1. The van der Waals surface area contributed by atoms with E-state index < -0.39 is 0 Å². The van der Waals surface area contributed by atoms with Crippen LogP contribution >= 0.6 is 0 Å². The Kier molecular flexibility index (Phi) is 6.13. The van der Waals surface area contributed by atoms with Crippen molar-refractivity contribution in [3.8, 4) is 28.1 Å². The molecular formula is C45H33N3. The van der Waals surface area contributed by atoms with Gasteiger partial charge in [0.25, 0.3) is 0 Å². The molecule has 2 aromatic heterocycles. The van der Waals surface area contributed by atoms with E-state index in [1.54, 1.807) is 0 Å². The second-order valence-electron chi connectivity index (χ2n) is 13.1. The Morgan fingerprint density at radius 3 is 2.08 bits per heavy atom. The molecule has 10 rings (SSSR count). The van der Waals surface area contributed by atoms with Gasteiger partial charge in [0.05, 0.1) is 22.6 Å². The van der Waals surface area contributed by atoms with E-state index in [0.717, 1.165) is 17.1 Å². The van der Waals surface area contributed by atoms with Gasteiger partial charge in [0.1, 0.15) is 5.82 Å². The SMILES string of the molecule is C1=CC2C=CC=C3C2C(=C1)C1C=c2c(n(-c4ccccc4)c4ccccc24)=CC1N3c1cc(-c2ccccc2)cc(-c2ccccc2)n1. The van der Waals surface area contributed by atoms with Crippen molar-refractivity contribution >= 4 is 28.9 Å². The van der Waals surface area contributed by atoms with Gasteiger partial charge in [0, 0.05) is 45.3 Å². The first-order valence-corrected chi connectivity index (χ1v) is 16.9. The number of rotatable bonds is 4. The molecular weight excluding hydrogens is 583 g/mol. The monoisotopic (exact) mass is 615 g/mol. The van der Waals surface area contributed by atoms with Crippen molar-refractivity contribution < 1.29 is 0 Å². The van der Waals surface area contributed by atoms with E-state index in [2.05, 4.69) is 185 Å². The molecule has 48 heavy (non-hydrogen) atoms. The van der Waals surface area contributed by atoms with Crippen LogP contribution in [0.1, 0.15) is 0 Å². The van der Waals surface area contributed by atoms with E-state index >= 15 is 0 Å². The number of benzene rings is 4. The summed E-state index contributed by atoms with van der Waals surface area (Å²) in [5.74, 6) is 1.75. The summed E-state index contributed by atoms with van der Waals surface area (Å²) in [5.41, 5.74) is 9.66. The van der Waals surface area contributed by atoms with Crippen molar-refractivity contribution in [2.75, 3.05) is 4.90 Å². The number of piperidine rings is 1. The van der Waals surface area contributed by atoms with Gasteiger partial charge in [-0.25, -0.2) is 4.98 Å². The predicted molar refractivity (Wildman–Crippen MR) is 198 cm³/mol. The lowest BCUT2D eigenvalue weighted by molar-refractivity contribution is 0.449. The molecule has 0 N–H and O–H groups in total. The number of aromatic nitrogens is 2. The average Bonchev–Trinajstić information content (AvgIpc) is 3.48. The number of fused-ring (bicyclic) bond motifs is 5. The summed E-state index contributed by atoms with van der Waals surface area (Å²) in [7, 11) is 0. The lowest BCUT2D eigenvalue weighted by Crippen LogP contribution is -2.53. The summed E-state index contributed by atoms with van der Waals surface area (Å²) in [6.07, 6.45) is 19.0. The summed E-state index contributed by atoms with van der Waals surface area (Å²) >= 11 is 0. The molecule has 3 aliphatic carbocycles. The molecule has 3 heterocycles. The molecule has 1 aliphatic heterocycles. The number of allylic oxidation sites excluding steroid dienone is 7. The predicted octanol–water partition coefficient (Wildman–Crippen LogP) is 8.62. The first kappa shape index (κ1) is 27.2. The summed E-state index contributed by atoms with van der Waals surface area (Å²) in [6.45, 7) is 0. The fourth-order valence-electron chi connectivity index (χ4n) is 8.41. The van der Waals surface area contributed by atoms with Crippen LogP contribution in [0.4, 0.5) is 5.82 Å². The molecule has 1 fully saturated rings. The van der Waals surface area contributed by atoms with E-state index in [1.165, 1.54) is 49.6 Å². The number of nitrogens with zero attached hydrogens (tertiary/aromatic N) is 3. The molecule has 6 aromatic rings. The van der Waals surface area contributed by atoms with Crippen LogP contribution in [0, 0.1) is 17.8 Å². The van der Waals surface area contributed by atoms with E-state index in [1.807, 2.05) is 0 Å². The zero-order valence-electron chi connectivity index (χ0n) is 26.4. The molecule has 3 heteroatoms. The van der Waals surface area contributed by atoms with Gasteiger partial charge in [-0.15, -0.1) is 0 Å². The zero-order valence-corrected chi connectivity index (χ0v) is 26.4. The van der Waals surface area contributed by atoms with Crippen LogP contribution in [-0.2, 0) is 0 Å². The summed E-state index contributed by atoms with van der Waals surface area (Å²) in [6, 6.07) is 45.5. The third-order valence-corrected chi connectivity index (χ3v) is 10.5. The first-order chi connectivity index (χ1) is 23.8. The van der Waals surface area contributed by atoms with Gasteiger partial charge in [-0.1, -0.05) is 139 Å². The fourth-order valence-corrected chi connectivity index (χ4v) is 8.41. The molecule has 4 atom stereocenters. The Labute approximate surface area is 280 Å². The molecule has 0 spiro atoms. The van der Waals surface area contributed by atoms with Crippen molar-refractivity contribution in [2.24, 2.45) is 17.8 Å². The number of hydrogen-bond acceptors (Lipinski definition) is 2. The van der Waals surface area contributed by atoms with Crippen LogP contribution in [0.5, 0.6) is 0 Å². The Hall–Kier alpha value is -5.93. The minimum absolute atomic E-state index is 0.0406. The van der Waals surface area contributed by atoms with Crippen LogP contribution in [0.25, 0.3) is 51.1 Å². The molecule has 4 aliphatic rings. The highest BCUT2D eigenvalue weighted by molar-refractivity contribution is 5.86. The molecule has 0 amide bonds. The highest BCUT2D eigenvalue weighted by Crippen LogP contribution is 2.50. The number of anilines is 1. The standard InChI is InChI=1S/C45H33N3/c1-4-14-30(15-5-1)33-26-39(31-16-6-2-7-17-31)46-44(27-33)48-41-25-13-19-32-18-12-23-36(45(32)41)38-28-37-35-22-10-11-24-40(35)47(42(37)29-43(38)48)34-20-8-3-9-21-34/h1-29,32,38,43,45H. The van der Waals surface area contributed by atoms with Crippen molar-refractivity contribution in [3.05, 3.63) is 186 Å². The largest absolute Gasteiger partial charge is 0.322 e. The van der Waals surface area contributed by atoms with E-state index in [0.29, 0.717) is 5.92 Å². The average molecular weight is 616 g/mol. The van der Waals surface area contributed by atoms with Crippen molar-refractivity contribution in [1.29, 1.82) is 0 Å². The molecule has 0 radical (unpaired) electrons. The second-order valence-corrected chi connectivity index (χ2v) is 13.1. The van der Waals surface area contributed by atoms with Gasteiger partial charge in [-0.05, 0) is 53.6 Å². The van der Waals surface area contributed by atoms with Crippen LogP contribution in [0.3, 0.4) is 0 Å². The zero-order chi connectivity index (χ0) is 31.6. The van der Waals surface area contributed by atoms with Crippen LogP contribution in [0.2, 0.25) is 0 Å². The van der Waals surface area contributed by atoms with Gasteiger partial charge in [0.2, 0.25) is 0 Å². The first-order valence-electron chi connectivity index (χ1n) is 16.9. The highest BCUT2D eigenvalue weighted by atomic mass is 15.2. The smallest absolute Gasteiger partial charge is 0.134 e. The van der Waals surface area contributed by atoms with Crippen LogP contribution < -0.4 is 15.5 Å². The van der Waals surface area contributed by atoms with Gasteiger partial charge >= 0.3 is 0 Å². The molecule has 3 nitrogen and oxygen atoms in total. The van der Waals surface area contributed by atoms with Crippen LogP contribution in [0.15, 0.2) is 175 Å². The van der Waals surface area contributed by atoms with Gasteiger partial charge in [-0.2, -0.15) is 0 Å².